The van der Waals surface area contributed by atoms with Crippen LogP contribution < -0.4 is 0 Å². The van der Waals surface area contributed by atoms with Crippen molar-refractivity contribution in [1.82, 2.24) is 0 Å². The van der Waals surface area contributed by atoms with Crippen molar-refractivity contribution in [3.05, 3.63) is 83.9 Å². The number of phenolic OH excluding ortho intramolecular Hbond substituents is 2. The van der Waals surface area contributed by atoms with Gasteiger partial charge in [0.05, 0.1) is 0 Å². The van der Waals surface area contributed by atoms with Crippen molar-refractivity contribution in [2.24, 2.45) is 5.92 Å². The molecule has 0 radical (unpaired) electrons. The van der Waals surface area contributed by atoms with Crippen LogP contribution in [0.2, 0.25) is 0 Å². The zero-order valence-electron chi connectivity index (χ0n) is 17.0. The number of phenols is 2. The molecule has 2 nitrogen and oxygen atoms in total. The predicted molar refractivity (Wildman–Crippen MR) is 117 cm³/mol. The number of hydrogen-bond donors (Lipinski definition) is 2. The van der Waals surface area contributed by atoms with E-state index < -0.39 is 0 Å². The van der Waals surface area contributed by atoms with Crippen molar-refractivity contribution in [2.45, 2.75) is 45.4 Å². The maximum absolute atomic E-state index is 9.71. The first kappa shape index (κ1) is 20.0. The normalized spacial score (nSPS) is 13.4. The lowest BCUT2D eigenvalue weighted by molar-refractivity contribution is 0.446. The minimum atomic E-state index is -0.101. The van der Waals surface area contributed by atoms with E-state index in [9.17, 15) is 10.2 Å². The first-order chi connectivity index (χ1) is 13.4. The standard InChI is InChI=1S/C26H30O2/c1-19(2)5-4-18-26(3,23-12-16-25(28)17-13-23)22-10-6-20(7-11-22)21-8-14-24(27)15-9-21/h6-17,19,27-28H,4-5,18H2,1-3H3. The van der Waals surface area contributed by atoms with E-state index in [1.54, 1.807) is 24.3 Å². The van der Waals surface area contributed by atoms with E-state index in [0.717, 1.165) is 24.0 Å². The summed E-state index contributed by atoms with van der Waals surface area (Å²) in [6.45, 7) is 6.84. The van der Waals surface area contributed by atoms with Crippen molar-refractivity contribution in [1.29, 1.82) is 0 Å². The minimum Gasteiger partial charge on any atom is -0.508 e. The lowest BCUT2D eigenvalue weighted by Crippen LogP contribution is -2.23. The van der Waals surface area contributed by atoms with E-state index in [4.69, 9.17) is 0 Å². The number of benzene rings is 3. The van der Waals surface area contributed by atoms with E-state index in [2.05, 4.69) is 45.0 Å². The van der Waals surface area contributed by atoms with E-state index in [1.807, 2.05) is 24.3 Å². The number of rotatable bonds is 7. The highest BCUT2D eigenvalue weighted by atomic mass is 16.3. The van der Waals surface area contributed by atoms with Gasteiger partial charge in [-0.15, -0.1) is 0 Å². The Bertz CT molecular complexity index is 877. The SMILES string of the molecule is CC(C)CCCC(C)(c1ccc(O)cc1)c1ccc(-c2ccc(O)cc2)cc1. The maximum Gasteiger partial charge on any atom is 0.115 e. The van der Waals surface area contributed by atoms with Crippen LogP contribution in [-0.2, 0) is 5.41 Å². The van der Waals surface area contributed by atoms with Crippen LogP contribution in [0.1, 0.15) is 51.2 Å². The quantitative estimate of drug-likeness (QED) is 0.472. The van der Waals surface area contributed by atoms with Gasteiger partial charge < -0.3 is 10.2 Å². The van der Waals surface area contributed by atoms with Crippen molar-refractivity contribution in [3.8, 4) is 22.6 Å². The Labute approximate surface area is 168 Å². The van der Waals surface area contributed by atoms with E-state index >= 15 is 0 Å². The molecular formula is C26H30O2. The zero-order chi connectivity index (χ0) is 20.1. The predicted octanol–water partition coefficient (Wildman–Crippen LogP) is 6.90. The third-order valence-corrected chi connectivity index (χ3v) is 5.69. The smallest absolute Gasteiger partial charge is 0.115 e. The molecule has 0 saturated heterocycles. The van der Waals surface area contributed by atoms with Crippen LogP contribution in [0.4, 0.5) is 0 Å². The lowest BCUT2D eigenvalue weighted by Gasteiger charge is -2.32. The van der Waals surface area contributed by atoms with Crippen LogP contribution in [-0.4, -0.2) is 10.2 Å². The second-order valence-corrected chi connectivity index (χ2v) is 8.29. The molecule has 2 N–H and O–H groups in total. The second kappa shape index (κ2) is 8.52. The number of aromatic hydroxyl groups is 2. The molecule has 146 valence electrons. The van der Waals surface area contributed by atoms with Gasteiger partial charge >= 0.3 is 0 Å². The molecule has 0 aliphatic heterocycles. The average Bonchev–Trinajstić information content (AvgIpc) is 2.69. The van der Waals surface area contributed by atoms with Gasteiger partial charge in [-0.2, -0.15) is 0 Å². The van der Waals surface area contributed by atoms with Gasteiger partial charge in [-0.1, -0.05) is 82.1 Å². The van der Waals surface area contributed by atoms with Gasteiger partial charge in [0.25, 0.3) is 0 Å². The largest absolute Gasteiger partial charge is 0.508 e. The summed E-state index contributed by atoms with van der Waals surface area (Å²) in [5.41, 5.74) is 4.64. The molecule has 3 aromatic rings. The van der Waals surface area contributed by atoms with E-state index in [0.29, 0.717) is 11.7 Å². The van der Waals surface area contributed by atoms with Crippen LogP contribution in [0.15, 0.2) is 72.8 Å². The van der Waals surface area contributed by atoms with Crippen LogP contribution in [0.3, 0.4) is 0 Å². The highest BCUT2D eigenvalue weighted by Crippen LogP contribution is 2.38. The van der Waals surface area contributed by atoms with Gasteiger partial charge in [-0.3, -0.25) is 0 Å². The summed E-state index contributed by atoms with van der Waals surface area (Å²) in [6, 6.07) is 23.7. The molecule has 0 saturated carbocycles. The summed E-state index contributed by atoms with van der Waals surface area (Å²) in [4.78, 5) is 0. The van der Waals surface area contributed by atoms with E-state index in [-0.39, 0.29) is 11.2 Å². The Morgan fingerprint density at radius 3 is 1.54 bits per heavy atom. The Hall–Kier alpha value is -2.74. The molecule has 0 bridgehead atoms. The molecule has 1 atom stereocenters. The number of hydrogen-bond acceptors (Lipinski definition) is 2. The van der Waals surface area contributed by atoms with Crippen LogP contribution in [0, 0.1) is 5.92 Å². The monoisotopic (exact) mass is 374 g/mol. The molecule has 0 amide bonds. The van der Waals surface area contributed by atoms with Crippen molar-refractivity contribution < 1.29 is 10.2 Å². The first-order valence-corrected chi connectivity index (χ1v) is 10.1. The van der Waals surface area contributed by atoms with Gasteiger partial charge in [0.15, 0.2) is 0 Å². The first-order valence-electron chi connectivity index (χ1n) is 10.1. The summed E-state index contributed by atoms with van der Waals surface area (Å²) in [7, 11) is 0. The highest BCUT2D eigenvalue weighted by molar-refractivity contribution is 5.65. The Morgan fingerprint density at radius 2 is 1.07 bits per heavy atom. The van der Waals surface area contributed by atoms with Crippen LogP contribution in [0.25, 0.3) is 11.1 Å². The second-order valence-electron chi connectivity index (χ2n) is 8.29. The fourth-order valence-electron chi connectivity index (χ4n) is 3.83. The maximum atomic E-state index is 9.71. The highest BCUT2D eigenvalue weighted by Gasteiger charge is 2.28. The molecule has 0 aromatic heterocycles. The van der Waals surface area contributed by atoms with Crippen LogP contribution >= 0.6 is 0 Å². The van der Waals surface area contributed by atoms with Gasteiger partial charge in [0.2, 0.25) is 0 Å². The van der Waals surface area contributed by atoms with E-state index in [1.165, 1.54) is 17.5 Å². The molecule has 0 aliphatic rings. The molecule has 0 fully saturated rings. The Morgan fingerprint density at radius 1 is 0.679 bits per heavy atom. The molecule has 0 heterocycles. The molecule has 1 unspecified atom stereocenters. The van der Waals surface area contributed by atoms with Gasteiger partial charge in [-0.25, -0.2) is 0 Å². The Balaban J connectivity index is 1.92. The fourth-order valence-corrected chi connectivity index (χ4v) is 3.83. The summed E-state index contributed by atoms with van der Waals surface area (Å²) in [6.07, 6.45) is 3.43. The minimum absolute atomic E-state index is 0.101. The summed E-state index contributed by atoms with van der Waals surface area (Å²) >= 11 is 0. The van der Waals surface area contributed by atoms with Gasteiger partial charge in [0.1, 0.15) is 11.5 Å². The molecule has 2 heteroatoms. The topological polar surface area (TPSA) is 40.5 Å². The third-order valence-electron chi connectivity index (χ3n) is 5.69. The van der Waals surface area contributed by atoms with Crippen molar-refractivity contribution >= 4 is 0 Å². The zero-order valence-corrected chi connectivity index (χ0v) is 17.0. The summed E-state index contributed by atoms with van der Waals surface area (Å²) in [5.74, 6) is 1.28. The van der Waals surface area contributed by atoms with Gasteiger partial charge in [-0.05, 0) is 58.9 Å². The lowest BCUT2D eigenvalue weighted by atomic mass is 9.72. The Kier molecular flexibility index (Phi) is 6.08. The van der Waals surface area contributed by atoms with Gasteiger partial charge in [0, 0.05) is 5.41 Å². The van der Waals surface area contributed by atoms with Crippen molar-refractivity contribution in [3.63, 3.8) is 0 Å². The third kappa shape index (κ3) is 4.56. The molecule has 0 spiro atoms. The molecule has 28 heavy (non-hydrogen) atoms. The molecule has 3 aromatic carbocycles. The average molecular weight is 375 g/mol. The fraction of sp³-hybridized carbons (Fsp3) is 0.308. The summed E-state index contributed by atoms with van der Waals surface area (Å²) < 4.78 is 0. The molecule has 3 rings (SSSR count). The van der Waals surface area contributed by atoms with Crippen LogP contribution in [0.5, 0.6) is 11.5 Å². The summed E-state index contributed by atoms with van der Waals surface area (Å²) in [5, 5.41) is 19.2. The molecular weight excluding hydrogens is 344 g/mol. The molecule has 0 aliphatic carbocycles. The van der Waals surface area contributed by atoms with Crippen molar-refractivity contribution in [2.75, 3.05) is 0 Å².